The Labute approximate surface area is 175 Å². The molecule has 0 amide bonds. The molecule has 152 valence electrons. The van der Waals surface area contributed by atoms with Gasteiger partial charge in [-0.05, 0) is 61.9 Å². The number of carbonyl (C=O) groups excluding carboxylic acids is 1. The summed E-state index contributed by atoms with van der Waals surface area (Å²) in [4.78, 5) is 12.5. The van der Waals surface area contributed by atoms with Crippen LogP contribution in [0.25, 0.3) is 0 Å². The predicted octanol–water partition coefficient (Wildman–Crippen LogP) is 4.40. The molecule has 0 aliphatic heterocycles. The lowest BCUT2D eigenvalue weighted by molar-refractivity contribution is -0.110. The Hall–Kier alpha value is -2.80. The number of hydrogen-bond donors (Lipinski definition) is 1. The van der Waals surface area contributed by atoms with Gasteiger partial charge in [0.2, 0.25) is 5.12 Å². The van der Waals surface area contributed by atoms with Crippen molar-refractivity contribution in [3.8, 4) is 5.75 Å². The van der Waals surface area contributed by atoms with Crippen LogP contribution < -0.4 is 10.1 Å². The van der Waals surface area contributed by atoms with Gasteiger partial charge in [-0.3, -0.25) is 4.79 Å². The molecule has 1 heterocycles. The summed E-state index contributed by atoms with van der Waals surface area (Å²) in [7, 11) is 1.63. The topological polar surface area (TPSA) is 69.0 Å². The van der Waals surface area contributed by atoms with E-state index < -0.39 is 0 Å². The van der Waals surface area contributed by atoms with Gasteiger partial charge in [-0.15, -0.1) is 10.2 Å². The fraction of sp³-hybridized carbons (Fsp3) is 0.318. The van der Waals surface area contributed by atoms with Gasteiger partial charge < -0.3 is 14.6 Å². The van der Waals surface area contributed by atoms with E-state index in [-0.39, 0.29) is 5.12 Å². The molecule has 6 nitrogen and oxygen atoms in total. The van der Waals surface area contributed by atoms with Crippen LogP contribution in [0.15, 0.2) is 47.6 Å². The van der Waals surface area contributed by atoms with E-state index >= 15 is 0 Å². The minimum absolute atomic E-state index is 0.0335. The Kier molecular flexibility index (Phi) is 6.93. The van der Waals surface area contributed by atoms with Crippen LogP contribution in [0.2, 0.25) is 0 Å². The van der Waals surface area contributed by atoms with Crippen LogP contribution in [-0.2, 0) is 24.3 Å². The van der Waals surface area contributed by atoms with E-state index in [1.54, 1.807) is 7.11 Å². The third-order valence-corrected chi connectivity index (χ3v) is 5.50. The van der Waals surface area contributed by atoms with Crippen molar-refractivity contribution in [2.75, 3.05) is 12.4 Å². The molecule has 2 aromatic carbocycles. The Morgan fingerprint density at radius 1 is 1.14 bits per heavy atom. The number of ether oxygens (including phenoxy) is 1. The summed E-state index contributed by atoms with van der Waals surface area (Å²) in [5, 5.41) is 12.6. The summed E-state index contributed by atoms with van der Waals surface area (Å²) in [5.74, 6) is 1.59. The molecule has 0 unspecified atom stereocenters. The zero-order valence-corrected chi connectivity index (χ0v) is 18.0. The van der Waals surface area contributed by atoms with E-state index in [1.165, 1.54) is 11.1 Å². The molecule has 3 rings (SSSR count). The van der Waals surface area contributed by atoms with Crippen molar-refractivity contribution in [3.05, 3.63) is 65.0 Å². The monoisotopic (exact) mass is 410 g/mol. The predicted molar refractivity (Wildman–Crippen MR) is 117 cm³/mol. The third kappa shape index (κ3) is 5.38. The van der Waals surface area contributed by atoms with Gasteiger partial charge in [-0.1, -0.05) is 29.8 Å². The number of aromatic nitrogens is 3. The smallest absolute Gasteiger partial charge is 0.201 e. The van der Waals surface area contributed by atoms with Crippen molar-refractivity contribution in [2.24, 2.45) is 0 Å². The molecular weight excluding hydrogens is 384 g/mol. The maximum atomic E-state index is 12.5. The number of benzene rings is 2. The average molecular weight is 411 g/mol. The van der Waals surface area contributed by atoms with E-state index in [1.807, 2.05) is 35.8 Å². The number of rotatable bonds is 8. The summed E-state index contributed by atoms with van der Waals surface area (Å²) in [6, 6.07) is 13.8. The number of nitrogens with one attached hydrogen (secondary N) is 1. The minimum Gasteiger partial charge on any atom is -0.497 e. The lowest BCUT2D eigenvalue weighted by Gasteiger charge is -2.11. The molecule has 3 aromatic rings. The van der Waals surface area contributed by atoms with Crippen LogP contribution in [-0.4, -0.2) is 27.0 Å². The Morgan fingerprint density at radius 2 is 1.90 bits per heavy atom. The molecule has 0 atom stereocenters. The summed E-state index contributed by atoms with van der Waals surface area (Å²) in [5.41, 5.74) is 4.45. The number of aryl methyl sites for hydroxylation is 2. The van der Waals surface area contributed by atoms with Gasteiger partial charge in [0.1, 0.15) is 5.75 Å². The van der Waals surface area contributed by atoms with Crippen LogP contribution in [0.4, 0.5) is 5.69 Å². The molecule has 0 aliphatic carbocycles. The second-order valence-electron chi connectivity index (χ2n) is 6.81. The number of carbonyl (C=O) groups is 1. The quantitative estimate of drug-likeness (QED) is 0.555. The first kappa shape index (κ1) is 20.9. The number of hydrogen-bond acceptors (Lipinski definition) is 6. The Morgan fingerprint density at radius 3 is 2.55 bits per heavy atom. The van der Waals surface area contributed by atoms with E-state index in [0.717, 1.165) is 34.6 Å². The largest absolute Gasteiger partial charge is 0.497 e. The fourth-order valence-corrected chi connectivity index (χ4v) is 3.95. The van der Waals surface area contributed by atoms with Gasteiger partial charge >= 0.3 is 0 Å². The molecule has 29 heavy (non-hydrogen) atoms. The maximum absolute atomic E-state index is 12.5. The number of thioether (sulfide) groups is 1. The standard InChI is InChI=1S/C22H26N4O2S/c1-5-26-20(14-23-19-11-6-15(2)12-16(19)3)24-25-22(26)29-21(27)13-17-7-9-18(28-4)10-8-17/h6-12,23H,5,13-14H2,1-4H3. The van der Waals surface area contributed by atoms with Crippen LogP contribution in [0, 0.1) is 13.8 Å². The first-order valence-electron chi connectivity index (χ1n) is 9.57. The van der Waals surface area contributed by atoms with Gasteiger partial charge in [0.15, 0.2) is 11.0 Å². The molecule has 0 bridgehead atoms. The third-order valence-electron chi connectivity index (χ3n) is 4.64. The zero-order valence-electron chi connectivity index (χ0n) is 17.2. The number of methoxy groups -OCH3 is 1. The minimum atomic E-state index is 0.0335. The molecule has 0 saturated heterocycles. The first-order valence-corrected chi connectivity index (χ1v) is 10.4. The van der Waals surface area contributed by atoms with Crippen LogP contribution in [0.5, 0.6) is 5.75 Å². The van der Waals surface area contributed by atoms with E-state index in [9.17, 15) is 4.79 Å². The second-order valence-corrected chi connectivity index (χ2v) is 7.84. The second kappa shape index (κ2) is 9.60. The number of anilines is 1. The van der Waals surface area contributed by atoms with Crippen molar-refractivity contribution >= 4 is 22.6 Å². The van der Waals surface area contributed by atoms with Crippen molar-refractivity contribution < 1.29 is 9.53 Å². The van der Waals surface area contributed by atoms with Crippen LogP contribution >= 0.6 is 11.8 Å². The lowest BCUT2D eigenvalue weighted by atomic mass is 10.1. The Bertz CT molecular complexity index is 983. The van der Waals surface area contributed by atoms with E-state index in [2.05, 4.69) is 47.6 Å². The average Bonchev–Trinajstić information content (AvgIpc) is 3.09. The molecule has 1 aromatic heterocycles. The van der Waals surface area contributed by atoms with Crippen molar-refractivity contribution in [1.82, 2.24) is 14.8 Å². The van der Waals surface area contributed by atoms with Crippen molar-refractivity contribution in [2.45, 2.75) is 45.4 Å². The molecule has 0 saturated carbocycles. The molecule has 0 fully saturated rings. The van der Waals surface area contributed by atoms with Crippen LogP contribution in [0.3, 0.4) is 0 Å². The van der Waals surface area contributed by atoms with Crippen molar-refractivity contribution in [3.63, 3.8) is 0 Å². The van der Waals surface area contributed by atoms with Gasteiger partial charge in [-0.25, -0.2) is 0 Å². The lowest BCUT2D eigenvalue weighted by Crippen LogP contribution is -2.10. The highest BCUT2D eigenvalue weighted by Gasteiger charge is 2.16. The van der Waals surface area contributed by atoms with E-state index in [0.29, 0.717) is 24.7 Å². The highest BCUT2D eigenvalue weighted by molar-refractivity contribution is 8.13. The highest BCUT2D eigenvalue weighted by Crippen LogP contribution is 2.22. The first-order chi connectivity index (χ1) is 14.0. The summed E-state index contributed by atoms with van der Waals surface area (Å²) in [6.45, 7) is 7.45. The summed E-state index contributed by atoms with van der Waals surface area (Å²) in [6.07, 6.45) is 0.335. The summed E-state index contributed by atoms with van der Waals surface area (Å²) >= 11 is 1.14. The van der Waals surface area contributed by atoms with Gasteiger partial charge in [-0.2, -0.15) is 0 Å². The highest BCUT2D eigenvalue weighted by atomic mass is 32.2. The molecule has 7 heteroatoms. The molecular formula is C22H26N4O2S. The molecule has 1 N–H and O–H groups in total. The van der Waals surface area contributed by atoms with Gasteiger partial charge in [0, 0.05) is 18.7 Å². The summed E-state index contributed by atoms with van der Waals surface area (Å²) < 4.78 is 7.13. The Balaban J connectivity index is 1.64. The number of nitrogens with zero attached hydrogens (tertiary/aromatic N) is 3. The normalized spacial score (nSPS) is 10.8. The van der Waals surface area contributed by atoms with Gasteiger partial charge in [0.05, 0.1) is 13.7 Å². The van der Waals surface area contributed by atoms with Crippen LogP contribution in [0.1, 0.15) is 29.4 Å². The maximum Gasteiger partial charge on any atom is 0.201 e. The molecule has 0 aliphatic rings. The van der Waals surface area contributed by atoms with E-state index in [4.69, 9.17) is 4.74 Å². The fourth-order valence-electron chi connectivity index (χ4n) is 3.08. The molecule has 0 radical (unpaired) electrons. The molecule has 0 spiro atoms. The van der Waals surface area contributed by atoms with Gasteiger partial charge in [0.25, 0.3) is 0 Å². The zero-order chi connectivity index (χ0) is 20.8. The SMILES string of the molecule is CCn1c(CNc2ccc(C)cc2C)nnc1SC(=O)Cc1ccc(OC)cc1. The van der Waals surface area contributed by atoms with Crippen molar-refractivity contribution in [1.29, 1.82) is 0 Å².